The number of carbonyl (C=O) groups is 1. The molecule has 1 aromatic rings. The normalized spacial score (nSPS) is 8.92. The van der Waals surface area contributed by atoms with Gasteiger partial charge in [0.1, 0.15) is 0 Å². The van der Waals surface area contributed by atoms with Crippen LogP contribution in [0, 0.1) is 0 Å². The van der Waals surface area contributed by atoms with Crippen molar-refractivity contribution >= 4 is 5.91 Å². The second-order valence-corrected chi connectivity index (χ2v) is 2.23. The highest BCUT2D eigenvalue weighted by molar-refractivity contribution is 5.94. The average Bonchev–Trinajstić information content (AvgIpc) is 2.54. The summed E-state index contributed by atoms with van der Waals surface area (Å²) in [5.41, 5.74) is 8.28. The molecule has 6 nitrogen and oxygen atoms in total. The van der Waals surface area contributed by atoms with Gasteiger partial charge in [-0.25, -0.2) is 0 Å². The van der Waals surface area contributed by atoms with E-state index in [0.29, 0.717) is 6.54 Å². The Kier molecular flexibility index (Phi) is 2.83. The van der Waals surface area contributed by atoms with Gasteiger partial charge in [-0.1, -0.05) is 6.08 Å². The Morgan fingerprint density at radius 3 is 3.31 bits per heavy atom. The molecule has 66 valence electrons. The topological polar surface area (TPSA) is 83.7 Å². The summed E-state index contributed by atoms with van der Waals surface area (Å²) < 4.78 is 1.52. The SMILES string of the molecule is C=CCn1cc(C(=O)N=[N+]=[N-])cn1. The number of carbonyl (C=O) groups excluding carboxylic acids is 1. The van der Waals surface area contributed by atoms with E-state index in [1.807, 2.05) is 0 Å². The van der Waals surface area contributed by atoms with E-state index in [4.69, 9.17) is 5.53 Å². The summed E-state index contributed by atoms with van der Waals surface area (Å²) in [5, 5.41) is 6.78. The molecule has 0 spiro atoms. The van der Waals surface area contributed by atoms with Gasteiger partial charge < -0.3 is 0 Å². The van der Waals surface area contributed by atoms with Crippen molar-refractivity contribution in [2.75, 3.05) is 0 Å². The smallest absolute Gasteiger partial charge is 0.252 e. The number of hydrogen-bond acceptors (Lipinski definition) is 2. The molecule has 0 atom stereocenters. The van der Waals surface area contributed by atoms with Gasteiger partial charge in [0.25, 0.3) is 5.91 Å². The van der Waals surface area contributed by atoms with Crippen molar-refractivity contribution in [2.24, 2.45) is 5.11 Å². The maximum Gasteiger partial charge on any atom is 0.252 e. The zero-order chi connectivity index (χ0) is 9.68. The van der Waals surface area contributed by atoms with Gasteiger partial charge in [-0.15, -0.1) is 6.58 Å². The second-order valence-electron chi connectivity index (χ2n) is 2.23. The van der Waals surface area contributed by atoms with E-state index >= 15 is 0 Å². The van der Waals surface area contributed by atoms with Gasteiger partial charge >= 0.3 is 0 Å². The van der Waals surface area contributed by atoms with Crippen LogP contribution in [-0.2, 0) is 6.54 Å². The Morgan fingerprint density at radius 2 is 2.69 bits per heavy atom. The lowest BCUT2D eigenvalue weighted by atomic mass is 10.3. The molecule has 0 aromatic carbocycles. The fourth-order valence-electron chi connectivity index (χ4n) is 0.804. The predicted octanol–water partition coefficient (Wildman–Crippen LogP) is 1.52. The van der Waals surface area contributed by atoms with Crippen molar-refractivity contribution in [3.63, 3.8) is 0 Å². The Labute approximate surface area is 74.1 Å². The van der Waals surface area contributed by atoms with Gasteiger partial charge in [0.05, 0.1) is 18.3 Å². The van der Waals surface area contributed by atoms with Gasteiger partial charge in [0.15, 0.2) is 0 Å². The summed E-state index contributed by atoms with van der Waals surface area (Å²) in [7, 11) is 0. The molecule has 0 aliphatic rings. The van der Waals surface area contributed by atoms with E-state index in [1.54, 1.807) is 6.08 Å². The lowest BCUT2D eigenvalue weighted by Gasteiger charge is -1.90. The van der Waals surface area contributed by atoms with Crippen molar-refractivity contribution in [3.8, 4) is 0 Å². The van der Waals surface area contributed by atoms with Crippen molar-refractivity contribution < 1.29 is 4.79 Å². The molecule has 1 amide bonds. The maximum absolute atomic E-state index is 11.0. The molecule has 0 radical (unpaired) electrons. The van der Waals surface area contributed by atoms with E-state index < -0.39 is 5.91 Å². The molecule has 1 heterocycles. The molecule has 0 aliphatic heterocycles. The highest BCUT2D eigenvalue weighted by Gasteiger charge is 2.04. The molecular formula is C7H7N5O. The van der Waals surface area contributed by atoms with E-state index in [9.17, 15) is 4.79 Å². The monoisotopic (exact) mass is 177 g/mol. The Morgan fingerprint density at radius 1 is 1.92 bits per heavy atom. The quantitative estimate of drug-likeness (QED) is 0.303. The summed E-state index contributed by atoms with van der Waals surface area (Å²) in [5.74, 6) is -0.627. The van der Waals surface area contributed by atoms with E-state index in [-0.39, 0.29) is 5.56 Å². The maximum atomic E-state index is 11.0. The van der Waals surface area contributed by atoms with Crippen LogP contribution in [0.25, 0.3) is 10.4 Å². The lowest BCUT2D eigenvalue weighted by molar-refractivity contribution is 0.100. The molecule has 0 fully saturated rings. The first-order chi connectivity index (χ1) is 6.27. The number of azide groups is 1. The number of hydrogen-bond donors (Lipinski definition) is 0. The van der Waals surface area contributed by atoms with Crippen molar-refractivity contribution in [1.29, 1.82) is 0 Å². The molecule has 1 rings (SSSR count). The van der Waals surface area contributed by atoms with Gasteiger partial charge in [-0.05, 0) is 10.6 Å². The fraction of sp³-hybridized carbons (Fsp3) is 0.143. The van der Waals surface area contributed by atoms with Crippen molar-refractivity contribution in [3.05, 3.63) is 41.1 Å². The van der Waals surface area contributed by atoms with Crippen LogP contribution in [-0.4, -0.2) is 15.7 Å². The molecule has 6 heteroatoms. The summed E-state index contributed by atoms with van der Waals surface area (Å²) in [6.45, 7) is 4.04. The third-order valence-electron chi connectivity index (χ3n) is 1.33. The number of amides is 1. The number of allylic oxidation sites excluding steroid dienone is 1. The zero-order valence-corrected chi connectivity index (χ0v) is 6.79. The first-order valence-corrected chi connectivity index (χ1v) is 3.50. The highest BCUT2D eigenvalue weighted by atomic mass is 16.1. The zero-order valence-electron chi connectivity index (χ0n) is 6.79. The summed E-state index contributed by atoms with van der Waals surface area (Å²) in [6, 6.07) is 0. The minimum atomic E-state index is -0.627. The third-order valence-corrected chi connectivity index (χ3v) is 1.33. The van der Waals surface area contributed by atoms with Crippen LogP contribution >= 0.6 is 0 Å². The van der Waals surface area contributed by atoms with E-state index in [1.165, 1.54) is 17.1 Å². The largest absolute Gasteiger partial charge is 0.287 e. The summed E-state index contributed by atoms with van der Waals surface area (Å²) in [6.07, 6.45) is 4.49. The second kappa shape index (κ2) is 4.08. The van der Waals surface area contributed by atoms with Crippen LogP contribution in [0.15, 0.2) is 30.2 Å². The van der Waals surface area contributed by atoms with Crippen LogP contribution in [0.4, 0.5) is 0 Å². The van der Waals surface area contributed by atoms with Gasteiger partial charge in [-0.2, -0.15) is 5.10 Å². The first kappa shape index (κ1) is 9.02. The molecule has 0 unspecified atom stereocenters. The average molecular weight is 177 g/mol. The summed E-state index contributed by atoms with van der Waals surface area (Å²) >= 11 is 0. The molecule has 0 saturated heterocycles. The molecular weight excluding hydrogens is 170 g/mol. The fourth-order valence-corrected chi connectivity index (χ4v) is 0.804. The molecule has 0 N–H and O–H groups in total. The lowest BCUT2D eigenvalue weighted by Crippen LogP contribution is -1.94. The minimum absolute atomic E-state index is 0.277. The van der Waals surface area contributed by atoms with Crippen LogP contribution in [0.1, 0.15) is 10.4 Å². The Hall–Kier alpha value is -2.07. The van der Waals surface area contributed by atoms with Crippen LogP contribution < -0.4 is 0 Å². The minimum Gasteiger partial charge on any atom is -0.287 e. The van der Waals surface area contributed by atoms with Crippen LogP contribution in [0.3, 0.4) is 0 Å². The molecule has 0 bridgehead atoms. The Balaban J connectivity index is 2.84. The first-order valence-electron chi connectivity index (χ1n) is 3.50. The van der Waals surface area contributed by atoms with Gasteiger partial charge in [-0.3, -0.25) is 9.48 Å². The molecule has 0 aliphatic carbocycles. The van der Waals surface area contributed by atoms with Gasteiger partial charge in [0, 0.05) is 11.1 Å². The number of nitrogens with zero attached hydrogens (tertiary/aromatic N) is 5. The number of rotatable bonds is 3. The molecule has 1 aromatic heterocycles. The van der Waals surface area contributed by atoms with E-state index in [0.717, 1.165) is 0 Å². The molecule has 13 heavy (non-hydrogen) atoms. The highest BCUT2D eigenvalue weighted by Crippen LogP contribution is 2.00. The predicted molar refractivity (Wildman–Crippen MR) is 45.9 cm³/mol. The van der Waals surface area contributed by atoms with E-state index in [2.05, 4.69) is 21.7 Å². The molecule has 0 saturated carbocycles. The summed E-state index contributed by atoms with van der Waals surface area (Å²) in [4.78, 5) is 13.3. The Bertz CT molecular complexity index is 374. The van der Waals surface area contributed by atoms with Crippen LogP contribution in [0.5, 0.6) is 0 Å². The van der Waals surface area contributed by atoms with Gasteiger partial charge in [0.2, 0.25) is 0 Å². The van der Waals surface area contributed by atoms with Crippen LogP contribution in [0.2, 0.25) is 0 Å². The van der Waals surface area contributed by atoms with Crippen molar-refractivity contribution in [1.82, 2.24) is 9.78 Å². The third kappa shape index (κ3) is 2.18. The van der Waals surface area contributed by atoms with Crippen molar-refractivity contribution in [2.45, 2.75) is 6.54 Å². The number of aromatic nitrogens is 2. The standard InChI is InChI=1S/C7H7N5O/c1-2-3-12-5-6(4-9-12)7(13)10-11-8/h2,4-5H,1,3H2.